The van der Waals surface area contributed by atoms with Crippen LogP contribution in [0.15, 0.2) is 102 Å². The molecular formula is C30H27N3O3S. The van der Waals surface area contributed by atoms with Gasteiger partial charge in [-0.15, -0.1) is 0 Å². The number of imidazole rings is 1. The molecule has 1 fully saturated rings. The number of Topliss-reactive ketones (excluding diaryl/α,β-unsaturated/α-hetero) is 1. The number of carbonyl (C=O) groups excluding carboxylic acids is 1. The van der Waals surface area contributed by atoms with Crippen LogP contribution in [0.3, 0.4) is 0 Å². The Bertz CT molecular complexity index is 1720. The highest BCUT2D eigenvalue weighted by atomic mass is 32.2. The third-order valence-electron chi connectivity index (χ3n) is 7.62. The van der Waals surface area contributed by atoms with Crippen molar-refractivity contribution < 1.29 is 13.2 Å². The van der Waals surface area contributed by atoms with Crippen molar-refractivity contribution in [1.82, 2.24) is 13.5 Å². The van der Waals surface area contributed by atoms with Gasteiger partial charge in [0, 0.05) is 42.9 Å². The Morgan fingerprint density at radius 2 is 1.68 bits per heavy atom. The second kappa shape index (κ2) is 8.85. The number of rotatable bonds is 6. The van der Waals surface area contributed by atoms with Crippen molar-refractivity contribution in [1.29, 1.82) is 0 Å². The minimum Gasteiger partial charge on any atom is -0.332 e. The summed E-state index contributed by atoms with van der Waals surface area (Å²) in [6.07, 6.45) is 5.79. The molecule has 5 aromatic rings. The second-order valence-corrected chi connectivity index (χ2v) is 11.7. The van der Waals surface area contributed by atoms with Crippen molar-refractivity contribution in [2.45, 2.75) is 30.1 Å². The van der Waals surface area contributed by atoms with Crippen molar-refractivity contribution in [2.75, 3.05) is 0 Å². The molecule has 7 heteroatoms. The third-order valence-corrected chi connectivity index (χ3v) is 9.33. The maximum absolute atomic E-state index is 13.4. The number of carbonyl (C=O) groups is 1. The minimum atomic E-state index is -3.70. The summed E-state index contributed by atoms with van der Waals surface area (Å²) in [6, 6.07) is 24.9. The van der Waals surface area contributed by atoms with Gasteiger partial charge in [0.15, 0.2) is 5.82 Å². The third kappa shape index (κ3) is 3.90. The number of fused-ring (bicyclic) bond motifs is 1. The van der Waals surface area contributed by atoms with Gasteiger partial charge in [0.1, 0.15) is 0 Å². The molecule has 2 aromatic heterocycles. The van der Waals surface area contributed by atoms with E-state index < -0.39 is 10.0 Å². The van der Waals surface area contributed by atoms with Crippen LogP contribution in [0.5, 0.6) is 0 Å². The van der Waals surface area contributed by atoms with Crippen LogP contribution in [-0.2, 0) is 17.1 Å². The maximum Gasteiger partial charge on any atom is 0.268 e. The lowest BCUT2D eigenvalue weighted by Gasteiger charge is -2.44. The minimum absolute atomic E-state index is 0.0289. The normalized spacial score (nSPS) is 19.6. The van der Waals surface area contributed by atoms with Crippen LogP contribution >= 0.6 is 0 Å². The summed E-state index contributed by atoms with van der Waals surface area (Å²) in [5.74, 6) is 0.572. The highest BCUT2D eigenvalue weighted by Gasteiger charge is 2.47. The zero-order chi connectivity index (χ0) is 25.7. The number of benzene rings is 3. The van der Waals surface area contributed by atoms with E-state index in [1.54, 1.807) is 47.4 Å². The molecule has 0 unspecified atom stereocenters. The first-order valence-electron chi connectivity index (χ1n) is 12.3. The molecule has 0 amide bonds. The van der Waals surface area contributed by atoms with Gasteiger partial charge in [-0.25, -0.2) is 17.4 Å². The van der Waals surface area contributed by atoms with Gasteiger partial charge in [0.25, 0.3) is 10.0 Å². The fourth-order valence-electron chi connectivity index (χ4n) is 5.57. The molecule has 37 heavy (non-hydrogen) atoms. The molecule has 186 valence electrons. The molecule has 1 aliphatic rings. The predicted molar refractivity (Wildman–Crippen MR) is 143 cm³/mol. The molecule has 3 aromatic carbocycles. The lowest BCUT2D eigenvalue weighted by atomic mass is 9.58. The molecule has 0 aliphatic heterocycles. The van der Waals surface area contributed by atoms with E-state index in [0.717, 1.165) is 28.5 Å². The Hall–Kier alpha value is -3.97. The van der Waals surface area contributed by atoms with E-state index >= 15 is 0 Å². The van der Waals surface area contributed by atoms with Gasteiger partial charge in [0.2, 0.25) is 5.78 Å². The highest BCUT2D eigenvalue weighted by Crippen LogP contribution is 2.54. The summed E-state index contributed by atoms with van der Waals surface area (Å²) in [5, 5.41) is 0.860. The van der Waals surface area contributed by atoms with Gasteiger partial charge in [-0.2, -0.15) is 0 Å². The van der Waals surface area contributed by atoms with Crippen molar-refractivity contribution >= 4 is 26.7 Å². The largest absolute Gasteiger partial charge is 0.332 e. The molecule has 6 nitrogen and oxygen atoms in total. The van der Waals surface area contributed by atoms with Crippen LogP contribution in [0.1, 0.15) is 45.6 Å². The molecule has 1 saturated carbocycles. The van der Waals surface area contributed by atoms with Crippen LogP contribution < -0.4 is 0 Å². The molecular weight excluding hydrogens is 482 g/mol. The van der Waals surface area contributed by atoms with Crippen LogP contribution in [0.25, 0.3) is 10.9 Å². The average molecular weight is 510 g/mol. The van der Waals surface area contributed by atoms with E-state index in [-0.39, 0.29) is 28.4 Å². The predicted octanol–water partition coefficient (Wildman–Crippen LogP) is 5.69. The van der Waals surface area contributed by atoms with Crippen LogP contribution in [0, 0.1) is 12.8 Å². The summed E-state index contributed by atoms with van der Waals surface area (Å²) in [5.41, 5.74) is 3.89. The quantitative estimate of drug-likeness (QED) is 0.276. The fraction of sp³-hybridized carbons (Fsp3) is 0.200. The molecule has 0 radical (unpaired) electrons. The average Bonchev–Trinajstić information content (AvgIpc) is 3.50. The van der Waals surface area contributed by atoms with Crippen molar-refractivity contribution in [3.8, 4) is 0 Å². The summed E-state index contributed by atoms with van der Waals surface area (Å²) >= 11 is 0. The summed E-state index contributed by atoms with van der Waals surface area (Å²) < 4.78 is 29.8. The van der Waals surface area contributed by atoms with E-state index in [0.29, 0.717) is 11.3 Å². The number of hydrogen-bond acceptors (Lipinski definition) is 4. The zero-order valence-electron chi connectivity index (χ0n) is 20.7. The molecule has 1 aliphatic carbocycles. The van der Waals surface area contributed by atoms with Crippen molar-refractivity contribution in [3.63, 3.8) is 0 Å². The number of hydrogen-bond donors (Lipinski definition) is 0. The van der Waals surface area contributed by atoms with E-state index in [4.69, 9.17) is 0 Å². The fourth-order valence-corrected chi connectivity index (χ4v) is 6.93. The number of ketones is 1. The first kappa shape index (κ1) is 23.4. The Kier molecular flexibility index (Phi) is 5.60. The van der Waals surface area contributed by atoms with Gasteiger partial charge in [-0.3, -0.25) is 4.79 Å². The van der Waals surface area contributed by atoms with E-state index in [9.17, 15) is 13.2 Å². The Morgan fingerprint density at radius 1 is 0.919 bits per heavy atom. The Balaban J connectivity index is 1.35. The van der Waals surface area contributed by atoms with Gasteiger partial charge in [0.05, 0.1) is 10.4 Å². The zero-order valence-corrected chi connectivity index (χ0v) is 21.5. The van der Waals surface area contributed by atoms with E-state index in [2.05, 4.69) is 23.2 Å². The lowest BCUT2D eigenvalue weighted by molar-refractivity contribution is 0.0766. The molecule has 0 spiro atoms. The lowest BCUT2D eigenvalue weighted by Crippen LogP contribution is -2.39. The smallest absolute Gasteiger partial charge is 0.268 e. The molecule has 6 rings (SSSR count). The van der Waals surface area contributed by atoms with Crippen LogP contribution in [-0.4, -0.2) is 27.7 Å². The summed E-state index contributed by atoms with van der Waals surface area (Å²) in [6.45, 7) is 1.93. The van der Waals surface area contributed by atoms with Crippen LogP contribution in [0.4, 0.5) is 0 Å². The first-order chi connectivity index (χ1) is 17.8. The Labute approximate surface area is 216 Å². The molecule has 0 N–H and O–H groups in total. The standard InChI is InChI=1S/C30H27N3O3S/c1-20-8-11-24(12-9-20)37(35,36)33-16-14-23-18-22(10-13-27(23)33)25-19-26(28(25)21-6-4-3-5-7-21)29(34)30-31-15-17-32(30)2/h3-18,25-26,28H,19H2,1-2H3/t25-,26+,28+/m0/s1. The van der Waals surface area contributed by atoms with E-state index in [1.807, 2.05) is 50.4 Å². The van der Waals surface area contributed by atoms with Gasteiger partial charge in [-0.1, -0.05) is 54.1 Å². The second-order valence-electron chi connectivity index (χ2n) is 9.86. The summed E-state index contributed by atoms with van der Waals surface area (Å²) in [7, 11) is -1.86. The molecule has 0 bridgehead atoms. The number of aromatic nitrogens is 3. The SMILES string of the molecule is Cc1ccc(S(=O)(=O)n2ccc3cc([C@@H]4C[C@@H](C(=O)c5nccn5C)[C@@H]4c4ccccc4)ccc32)cc1. The molecule has 2 heterocycles. The van der Waals surface area contributed by atoms with E-state index in [1.165, 1.54) is 3.97 Å². The Morgan fingerprint density at radius 3 is 2.38 bits per heavy atom. The number of aryl methyl sites for hydroxylation is 2. The van der Waals surface area contributed by atoms with Crippen molar-refractivity contribution in [3.05, 3.63) is 120 Å². The molecule has 0 saturated heterocycles. The molecule has 3 atom stereocenters. The van der Waals surface area contributed by atoms with Gasteiger partial charge >= 0.3 is 0 Å². The maximum atomic E-state index is 13.4. The van der Waals surface area contributed by atoms with Gasteiger partial charge in [-0.05, 0) is 60.7 Å². The highest BCUT2D eigenvalue weighted by molar-refractivity contribution is 7.90. The van der Waals surface area contributed by atoms with Crippen LogP contribution in [0.2, 0.25) is 0 Å². The topological polar surface area (TPSA) is 74.0 Å². The van der Waals surface area contributed by atoms with Crippen molar-refractivity contribution in [2.24, 2.45) is 13.0 Å². The monoisotopic (exact) mass is 509 g/mol. The van der Waals surface area contributed by atoms with Gasteiger partial charge < -0.3 is 4.57 Å². The number of nitrogens with zero attached hydrogens (tertiary/aromatic N) is 3. The summed E-state index contributed by atoms with van der Waals surface area (Å²) in [4.78, 5) is 18.0. The first-order valence-corrected chi connectivity index (χ1v) is 13.8.